The quantitative estimate of drug-likeness (QED) is 0.808. The number of aryl methyl sites for hydroxylation is 2. The lowest BCUT2D eigenvalue weighted by atomic mass is 9.89. The first-order chi connectivity index (χ1) is 12.2. The normalized spacial score (nSPS) is 22.0. The van der Waals surface area contributed by atoms with Crippen molar-refractivity contribution in [2.75, 3.05) is 0 Å². The van der Waals surface area contributed by atoms with Gasteiger partial charge < -0.3 is 5.73 Å². The van der Waals surface area contributed by atoms with Crippen LogP contribution in [-0.4, -0.2) is 32.3 Å². The van der Waals surface area contributed by atoms with Gasteiger partial charge in [0, 0.05) is 18.6 Å². The van der Waals surface area contributed by atoms with Gasteiger partial charge in [0.15, 0.2) is 5.82 Å². The van der Waals surface area contributed by atoms with Gasteiger partial charge in [-0.15, -0.1) is 5.10 Å². The maximum atomic E-state index is 6.38. The minimum Gasteiger partial charge on any atom is -0.326 e. The molecule has 0 radical (unpaired) electrons. The first kappa shape index (κ1) is 18.0. The minimum atomic E-state index is -0.0263. The molecule has 136 valence electrons. The van der Waals surface area contributed by atoms with Crippen molar-refractivity contribution >= 4 is 0 Å². The van der Waals surface area contributed by atoms with Gasteiger partial charge in [0.2, 0.25) is 0 Å². The first-order valence-corrected chi connectivity index (χ1v) is 9.53. The number of hydrogen-bond donors (Lipinski definition) is 2. The molecular formula is C19H30N6. The average Bonchev–Trinajstić information content (AvgIpc) is 3.08. The highest BCUT2D eigenvalue weighted by molar-refractivity contribution is 5.28. The number of hydrogen-bond acceptors (Lipinski definition) is 5. The van der Waals surface area contributed by atoms with E-state index in [2.05, 4.69) is 59.0 Å². The Morgan fingerprint density at radius 3 is 2.72 bits per heavy atom. The maximum Gasteiger partial charge on any atom is 0.172 e. The number of nitrogens with one attached hydrogen (secondary N) is 1. The highest BCUT2D eigenvalue weighted by Gasteiger charge is 2.28. The molecule has 1 fully saturated rings. The lowest BCUT2D eigenvalue weighted by molar-refractivity contribution is 0.305. The van der Waals surface area contributed by atoms with Crippen LogP contribution in [0.4, 0.5) is 0 Å². The summed E-state index contributed by atoms with van der Waals surface area (Å²) >= 11 is 0. The van der Waals surface area contributed by atoms with E-state index < -0.39 is 0 Å². The highest BCUT2D eigenvalue weighted by Crippen LogP contribution is 2.25. The van der Waals surface area contributed by atoms with Gasteiger partial charge in [0.05, 0.1) is 6.04 Å². The Morgan fingerprint density at radius 2 is 2.00 bits per heavy atom. The van der Waals surface area contributed by atoms with E-state index in [1.807, 2.05) is 4.68 Å². The molecule has 6 heteroatoms. The summed E-state index contributed by atoms with van der Waals surface area (Å²) in [5.74, 6) is 0.884. The molecule has 3 rings (SSSR count). The summed E-state index contributed by atoms with van der Waals surface area (Å²) in [4.78, 5) is 0. The van der Waals surface area contributed by atoms with Crippen molar-refractivity contribution in [2.45, 2.75) is 77.0 Å². The number of rotatable bonds is 7. The number of benzene rings is 1. The molecule has 1 aliphatic rings. The maximum absolute atomic E-state index is 6.38. The number of tetrazole rings is 1. The van der Waals surface area contributed by atoms with Gasteiger partial charge in [-0.2, -0.15) is 0 Å². The van der Waals surface area contributed by atoms with Gasteiger partial charge in [0.1, 0.15) is 0 Å². The Labute approximate surface area is 150 Å². The molecule has 0 saturated heterocycles. The molecular weight excluding hydrogens is 312 g/mol. The molecule has 1 heterocycles. The van der Waals surface area contributed by atoms with Crippen LogP contribution in [0, 0.1) is 6.92 Å². The fraction of sp³-hybridized carbons (Fsp3) is 0.632. The van der Waals surface area contributed by atoms with Crippen molar-refractivity contribution in [3.8, 4) is 0 Å². The second-order valence-corrected chi connectivity index (χ2v) is 7.18. The fourth-order valence-corrected chi connectivity index (χ4v) is 3.54. The van der Waals surface area contributed by atoms with E-state index in [-0.39, 0.29) is 12.1 Å². The lowest BCUT2D eigenvalue weighted by Crippen LogP contribution is -2.48. The van der Waals surface area contributed by atoms with Gasteiger partial charge in [0.25, 0.3) is 0 Å². The monoisotopic (exact) mass is 342 g/mol. The van der Waals surface area contributed by atoms with Crippen LogP contribution in [0.2, 0.25) is 0 Å². The zero-order valence-corrected chi connectivity index (χ0v) is 15.4. The van der Waals surface area contributed by atoms with Crippen LogP contribution in [0.3, 0.4) is 0 Å². The van der Waals surface area contributed by atoms with Gasteiger partial charge >= 0.3 is 0 Å². The third-order valence-corrected chi connectivity index (χ3v) is 5.15. The summed E-state index contributed by atoms with van der Waals surface area (Å²) in [5.41, 5.74) is 8.82. The van der Waals surface area contributed by atoms with E-state index in [4.69, 9.17) is 5.73 Å². The molecule has 3 atom stereocenters. The molecule has 3 unspecified atom stereocenters. The predicted molar refractivity (Wildman–Crippen MR) is 99.1 cm³/mol. The SMILES string of the molecule is CCCCn1nnnc1C(NC1CCCCC1N)c1ccc(C)cc1. The fourth-order valence-electron chi connectivity index (χ4n) is 3.54. The highest BCUT2D eigenvalue weighted by atomic mass is 15.5. The topological polar surface area (TPSA) is 81.7 Å². The smallest absolute Gasteiger partial charge is 0.172 e. The minimum absolute atomic E-state index is 0.0263. The zero-order valence-electron chi connectivity index (χ0n) is 15.4. The molecule has 25 heavy (non-hydrogen) atoms. The summed E-state index contributed by atoms with van der Waals surface area (Å²) in [6.07, 6.45) is 6.84. The molecule has 0 aliphatic heterocycles. The van der Waals surface area contributed by atoms with Crippen LogP contribution in [-0.2, 0) is 6.54 Å². The number of aromatic nitrogens is 4. The van der Waals surface area contributed by atoms with Crippen molar-refractivity contribution in [3.05, 3.63) is 41.2 Å². The standard InChI is InChI=1S/C19H30N6/c1-3-4-13-25-19(22-23-24-25)18(15-11-9-14(2)10-12-15)21-17-8-6-5-7-16(17)20/h9-12,16-18,21H,3-8,13,20H2,1-2H3. The van der Waals surface area contributed by atoms with Crippen molar-refractivity contribution in [1.82, 2.24) is 25.5 Å². The molecule has 6 nitrogen and oxygen atoms in total. The van der Waals surface area contributed by atoms with Crippen LogP contribution in [0.25, 0.3) is 0 Å². The molecule has 1 aliphatic carbocycles. The lowest BCUT2D eigenvalue weighted by Gasteiger charge is -2.33. The second kappa shape index (κ2) is 8.54. The molecule has 1 aromatic heterocycles. The van der Waals surface area contributed by atoms with E-state index in [1.54, 1.807) is 0 Å². The van der Waals surface area contributed by atoms with Crippen molar-refractivity contribution in [2.24, 2.45) is 5.73 Å². The van der Waals surface area contributed by atoms with E-state index in [9.17, 15) is 0 Å². The second-order valence-electron chi connectivity index (χ2n) is 7.18. The van der Waals surface area contributed by atoms with Crippen molar-refractivity contribution in [1.29, 1.82) is 0 Å². The Hall–Kier alpha value is -1.79. The van der Waals surface area contributed by atoms with Crippen molar-refractivity contribution in [3.63, 3.8) is 0 Å². The number of nitrogens with zero attached hydrogens (tertiary/aromatic N) is 4. The molecule has 3 N–H and O–H groups in total. The number of unbranched alkanes of at least 4 members (excludes halogenated alkanes) is 1. The van der Waals surface area contributed by atoms with E-state index in [1.165, 1.54) is 24.0 Å². The first-order valence-electron chi connectivity index (χ1n) is 9.53. The Bertz CT molecular complexity index is 650. The molecule has 1 saturated carbocycles. The summed E-state index contributed by atoms with van der Waals surface area (Å²) in [6.45, 7) is 5.13. The van der Waals surface area contributed by atoms with Crippen LogP contribution in [0.1, 0.15) is 68.4 Å². The van der Waals surface area contributed by atoms with Crippen LogP contribution >= 0.6 is 0 Å². The van der Waals surface area contributed by atoms with E-state index in [0.29, 0.717) is 6.04 Å². The van der Waals surface area contributed by atoms with Crippen LogP contribution in [0.5, 0.6) is 0 Å². The zero-order chi connectivity index (χ0) is 17.6. The van der Waals surface area contributed by atoms with Crippen LogP contribution in [0.15, 0.2) is 24.3 Å². The Morgan fingerprint density at radius 1 is 1.24 bits per heavy atom. The summed E-state index contributed by atoms with van der Waals surface area (Å²) < 4.78 is 1.94. The van der Waals surface area contributed by atoms with E-state index in [0.717, 1.165) is 38.1 Å². The van der Waals surface area contributed by atoms with Crippen LogP contribution < -0.4 is 11.1 Å². The summed E-state index contributed by atoms with van der Waals surface area (Å²) in [6, 6.07) is 9.09. The Kier molecular flexibility index (Phi) is 6.15. The molecule has 1 aromatic carbocycles. The predicted octanol–water partition coefficient (Wildman–Crippen LogP) is 2.73. The number of nitrogens with two attached hydrogens (primary N) is 1. The summed E-state index contributed by atoms with van der Waals surface area (Å²) in [7, 11) is 0. The van der Waals surface area contributed by atoms with E-state index >= 15 is 0 Å². The van der Waals surface area contributed by atoms with Gasteiger partial charge in [-0.25, -0.2) is 4.68 Å². The third kappa shape index (κ3) is 4.44. The molecule has 0 bridgehead atoms. The molecule has 2 aromatic rings. The average molecular weight is 342 g/mol. The summed E-state index contributed by atoms with van der Waals surface area (Å²) in [5, 5.41) is 16.3. The third-order valence-electron chi connectivity index (χ3n) is 5.15. The largest absolute Gasteiger partial charge is 0.326 e. The van der Waals surface area contributed by atoms with Crippen molar-refractivity contribution < 1.29 is 0 Å². The Balaban J connectivity index is 1.88. The molecule has 0 spiro atoms. The van der Waals surface area contributed by atoms with Gasteiger partial charge in [-0.05, 0) is 42.2 Å². The van der Waals surface area contributed by atoms with Gasteiger partial charge in [-0.3, -0.25) is 5.32 Å². The van der Waals surface area contributed by atoms with Gasteiger partial charge in [-0.1, -0.05) is 56.0 Å². The molecule has 0 amide bonds.